The fourth-order valence-corrected chi connectivity index (χ4v) is 2.01. The lowest BCUT2D eigenvalue weighted by Gasteiger charge is -2.13. The fraction of sp³-hybridized carbons (Fsp3) is 0.357. The maximum Gasteiger partial charge on any atom is 0.387 e. The van der Waals surface area contributed by atoms with Crippen molar-refractivity contribution in [2.75, 3.05) is 0 Å². The van der Waals surface area contributed by atoms with E-state index < -0.39 is 6.61 Å². The summed E-state index contributed by atoms with van der Waals surface area (Å²) in [7, 11) is 1.92. The van der Waals surface area contributed by atoms with Gasteiger partial charge in [0.2, 0.25) is 0 Å². The SMILES string of the molecule is Cn1ccnc1CCC(N)c1cccc(OC(F)F)c1. The molecule has 0 aliphatic rings. The molecule has 0 spiro atoms. The van der Waals surface area contributed by atoms with Gasteiger partial charge in [0.15, 0.2) is 0 Å². The Morgan fingerprint density at radius 1 is 1.40 bits per heavy atom. The molecule has 0 aliphatic heterocycles. The zero-order valence-electron chi connectivity index (χ0n) is 11.2. The zero-order valence-corrected chi connectivity index (χ0v) is 11.2. The number of halogens is 2. The van der Waals surface area contributed by atoms with E-state index in [1.807, 2.05) is 17.8 Å². The minimum Gasteiger partial charge on any atom is -0.435 e. The molecule has 1 aromatic heterocycles. The molecule has 1 aromatic carbocycles. The van der Waals surface area contributed by atoms with Crippen LogP contribution < -0.4 is 10.5 Å². The Hall–Kier alpha value is -1.95. The second-order valence-electron chi connectivity index (χ2n) is 4.55. The molecule has 108 valence electrons. The standard InChI is InChI=1S/C14H17F2N3O/c1-19-8-7-18-13(19)6-5-12(17)10-3-2-4-11(9-10)20-14(15)16/h2-4,7-9,12,14H,5-6,17H2,1H3. The van der Waals surface area contributed by atoms with Crippen molar-refractivity contribution in [1.82, 2.24) is 9.55 Å². The van der Waals surface area contributed by atoms with Crippen LogP contribution in [-0.4, -0.2) is 16.2 Å². The number of nitrogens with zero attached hydrogens (tertiary/aromatic N) is 2. The van der Waals surface area contributed by atoms with Crippen LogP contribution in [0, 0.1) is 0 Å². The lowest BCUT2D eigenvalue weighted by molar-refractivity contribution is -0.0499. The molecule has 1 unspecified atom stereocenters. The van der Waals surface area contributed by atoms with E-state index in [0.717, 1.165) is 17.8 Å². The molecule has 4 nitrogen and oxygen atoms in total. The number of ether oxygens (including phenoxy) is 1. The highest BCUT2D eigenvalue weighted by atomic mass is 19.3. The Morgan fingerprint density at radius 2 is 2.20 bits per heavy atom. The van der Waals surface area contributed by atoms with Gasteiger partial charge in [0.05, 0.1) is 0 Å². The maximum atomic E-state index is 12.2. The minimum absolute atomic E-state index is 0.130. The molecule has 20 heavy (non-hydrogen) atoms. The number of rotatable bonds is 6. The van der Waals surface area contributed by atoms with Crippen LogP contribution in [0.1, 0.15) is 23.9 Å². The van der Waals surface area contributed by atoms with Crippen molar-refractivity contribution in [3.05, 3.63) is 48.0 Å². The highest BCUT2D eigenvalue weighted by molar-refractivity contribution is 5.30. The molecular weight excluding hydrogens is 264 g/mol. The molecule has 2 N–H and O–H groups in total. The third kappa shape index (κ3) is 3.77. The number of aryl methyl sites for hydroxylation is 2. The second kappa shape index (κ2) is 6.47. The van der Waals surface area contributed by atoms with E-state index in [9.17, 15) is 8.78 Å². The molecule has 0 amide bonds. The summed E-state index contributed by atoms with van der Waals surface area (Å²) in [5, 5.41) is 0. The van der Waals surface area contributed by atoms with Gasteiger partial charge < -0.3 is 15.0 Å². The number of hydrogen-bond acceptors (Lipinski definition) is 3. The normalized spacial score (nSPS) is 12.7. The van der Waals surface area contributed by atoms with Crippen LogP contribution in [0.15, 0.2) is 36.7 Å². The summed E-state index contributed by atoms with van der Waals surface area (Å²) in [6.07, 6.45) is 5.02. The van der Waals surface area contributed by atoms with Crippen LogP contribution in [0.2, 0.25) is 0 Å². The van der Waals surface area contributed by atoms with E-state index in [-0.39, 0.29) is 11.8 Å². The quantitative estimate of drug-likeness (QED) is 0.885. The summed E-state index contributed by atoms with van der Waals surface area (Å²) >= 11 is 0. The number of alkyl halides is 2. The highest BCUT2D eigenvalue weighted by Gasteiger charge is 2.11. The first-order chi connectivity index (χ1) is 9.56. The van der Waals surface area contributed by atoms with Gasteiger partial charge in [-0.25, -0.2) is 4.98 Å². The van der Waals surface area contributed by atoms with E-state index >= 15 is 0 Å². The molecule has 0 bridgehead atoms. The molecule has 1 heterocycles. The van der Waals surface area contributed by atoms with E-state index in [1.54, 1.807) is 24.4 Å². The van der Waals surface area contributed by atoms with Gasteiger partial charge in [-0.3, -0.25) is 0 Å². The lowest BCUT2D eigenvalue weighted by Crippen LogP contribution is -2.13. The van der Waals surface area contributed by atoms with Crippen LogP contribution in [0.4, 0.5) is 8.78 Å². The third-order valence-corrected chi connectivity index (χ3v) is 3.11. The van der Waals surface area contributed by atoms with E-state index in [2.05, 4.69) is 9.72 Å². The van der Waals surface area contributed by atoms with Gasteiger partial charge in [0.25, 0.3) is 0 Å². The maximum absolute atomic E-state index is 12.2. The number of hydrogen-bond donors (Lipinski definition) is 1. The first-order valence-electron chi connectivity index (χ1n) is 6.33. The largest absolute Gasteiger partial charge is 0.435 e. The number of benzene rings is 1. The van der Waals surface area contributed by atoms with Crippen molar-refractivity contribution in [3.63, 3.8) is 0 Å². The summed E-state index contributed by atoms with van der Waals surface area (Å²) in [6.45, 7) is -2.82. The van der Waals surface area contributed by atoms with E-state index in [1.165, 1.54) is 6.07 Å². The van der Waals surface area contributed by atoms with Crippen LogP contribution >= 0.6 is 0 Å². The Bertz CT molecular complexity index is 557. The van der Waals surface area contributed by atoms with Crippen molar-refractivity contribution in [2.45, 2.75) is 25.5 Å². The van der Waals surface area contributed by atoms with Gasteiger partial charge in [-0.2, -0.15) is 8.78 Å². The molecule has 0 radical (unpaired) electrons. The van der Waals surface area contributed by atoms with Gasteiger partial charge in [-0.05, 0) is 24.1 Å². The fourth-order valence-electron chi connectivity index (χ4n) is 2.01. The minimum atomic E-state index is -2.82. The summed E-state index contributed by atoms with van der Waals surface area (Å²) in [5.74, 6) is 1.07. The zero-order chi connectivity index (χ0) is 14.5. The van der Waals surface area contributed by atoms with Crippen molar-refractivity contribution < 1.29 is 13.5 Å². The average molecular weight is 281 g/mol. The smallest absolute Gasteiger partial charge is 0.387 e. The van der Waals surface area contributed by atoms with Gasteiger partial charge in [-0.15, -0.1) is 0 Å². The Balaban J connectivity index is 1.98. The molecule has 1 atom stereocenters. The predicted molar refractivity (Wildman–Crippen MR) is 71.5 cm³/mol. The summed E-state index contributed by atoms with van der Waals surface area (Å²) in [5.41, 5.74) is 6.86. The number of nitrogens with two attached hydrogens (primary N) is 1. The van der Waals surface area contributed by atoms with Crippen molar-refractivity contribution in [2.24, 2.45) is 12.8 Å². The summed E-state index contributed by atoms with van der Waals surface area (Å²) in [6, 6.07) is 6.26. The number of imidazole rings is 1. The van der Waals surface area contributed by atoms with E-state index in [4.69, 9.17) is 5.73 Å². The topological polar surface area (TPSA) is 53.1 Å². The van der Waals surface area contributed by atoms with Crippen molar-refractivity contribution in [1.29, 1.82) is 0 Å². The van der Waals surface area contributed by atoms with Crippen LogP contribution in [0.25, 0.3) is 0 Å². The molecule has 2 aromatic rings. The molecule has 0 saturated carbocycles. The third-order valence-electron chi connectivity index (χ3n) is 3.11. The molecule has 6 heteroatoms. The first kappa shape index (κ1) is 14.5. The van der Waals surface area contributed by atoms with Crippen LogP contribution in [0.5, 0.6) is 5.75 Å². The van der Waals surface area contributed by atoms with Crippen LogP contribution in [-0.2, 0) is 13.5 Å². The molecule has 0 fully saturated rings. The van der Waals surface area contributed by atoms with Gasteiger partial charge in [0, 0.05) is 31.9 Å². The van der Waals surface area contributed by atoms with Gasteiger partial charge in [-0.1, -0.05) is 12.1 Å². The Kier molecular flexibility index (Phi) is 4.68. The Morgan fingerprint density at radius 3 is 2.85 bits per heavy atom. The molecule has 2 rings (SSSR count). The summed E-state index contributed by atoms with van der Waals surface area (Å²) in [4.78, 5) is 4.22. The number of aromatic nitrogens is 2. The second-order valence-corrected chi connectivity index (χ2v) is 4.55. The molecule has 0 aliphatic carbocycles. The lowest BCUT2D eigenvalue weighted by atomic mass is 10.0. The van der Waals surface area contributed by atoms with Crippen LogP contribution in [0.3, 0.4) is 0 Å². The average Bonchev–Trinajstić information content (AvgIpc) is 2.81. The van der Waals surface area contributed by atoms with Crippen molar-refractivity contribution in [3.8, 4) is 5.75 Å². The van der Waals surface area contributed by atoms with Gasteiger partial charge in [0.1, 0.15) is 11.6 Å². The molecule has 0 saturated heterocycles. The van der Waals surface area contributed by atoms with Crippen molar-refractivity contribution >= 4 is 0 Å². The summed E-state index contributed by atoms with van der Waals surface area (Å²) < 4.78 is 30.6. The monoisotopic (exact) mass is 281 g/mol. The molecular formula is C14H17F2N3O. The van der Waals surface area contributed by atoms with Gasteiger partial charge >= 0.3 is 6.61 Å². The van der Waals surface area contributed by atoms with E-state index in [0.29, 0.717) is 6.42 Å². The first-order valence-corrected chi connectivity index (χ1v) is 6.33. The highest BCUT2D eigenvalue weighted by Crippen LogP contribution is 2.22. The Labute approximate surface area is 116 Å². The predicted octanol–water partition coefficient (Wildman–Crippen LogP) is 2.65.